The number of benzene rings is 2. The fourth-order valence-electron chi connectivity index (χ4n) is 9.99. The van der Waals surface area contributed by atoms with E-state index in [1.54, 1.807) is 12.4 Å². The SMILES string of the molecule is CC(C)Oc1ccc2c(c1)C(c1cc(N3CCN(CCN4CCC(CN5CCN(c6ccc7c(c6)C(=O)N(C6CCC(=O)CC6=O)C7=O)CC5)CC4)[C@@H](C)C3)ncn1)=NC2. The number of hydrogen-bond acceptors (Lipinski definition) is 13. The first-order valence-electron chi connectivity index (χ1n) is 22.0. The van der Waals surface area contributed by atoms with Gasteiger partial charge in [0, 0.05) is 95.2 Å². The smallest absolute Gasteiger partial charge is 0.262 e. The van der Waals surface area contributed by atoms with Crippen molar-refractivity contribution in [1.82, 2.24) is 29.6 Å². The van der Waals surface area contributed by atoms with Crippen LogP contribution in [0.15, 0.2) is 53.8 Å². The molecule has 2 atom stereocenters. The van der Waals surface area contributed by atoms with Crippen LogP contribution in [0.3, 0.4) is 0 Å². The van der Waals surface area contributed by atoms with Crippen LogP contribution in [-0.4, -0.2) is 155 Å². The Morgan fingerprint density at radius 2 is 1.55 bits per heavy atom. The standard InChI is InChI=1S/C46H57N9O5/c1-30(2)60-36-7-4-33-26-47-44(38(33)24-36)40-25-43(49-29-48-40)54-21-20-52(31(3)27-54)17-14-50-12-10-32(11-13-50)28-51-15-18-53(19-16-51)34-5-8-37-39(22-34)46(59)55(45(37)58)41-9-6-35(56)23-42(41)57/h4-5,7-8,22,24-25,29-32,41H,6,9-21,23,26-28H2,1-3H3/t31-,41?/m0/s1. The molecule has 0 bridgehead atoms. The number of likely N-dealkylation sites (tertiary alicyclic amines) is 1. The maximum atomic E-state index is 13.4. The maximum Gasteiger partial charge on any atom is 0.262 e. The van der Waals surface area contributed by atoms with Crippen LogP contribution < -0.4 is 14.5 Å². The first-order chi connectivity index (χ1) is 29.1. The highest BCUT2D eigenvalue weighted by Gasteiger charge is 2.44. The van der Waals surface area contributed by atoms with E-state index < -0.39 is 17.9 Å². The van der Waals surface area contributed by atoms with E-state index in [9.17, 15) is 19.2 Å². The van der Waals surface area contributed by atoms with Gasteiger partial charge < -0.3 is 19.4 Å². The zero-order valence-electron chi connectivity index (χ0n) is 35.2. The molecule has 14 heteroatoms. The normalized spacial score (nSPS) is 23.5. The van der Waals surface area contributed by atoms with Crippen LogP contribution in [0.4, 0.5) is 11.5 Å². The van der Waals surface area contributed by atoms with Crippen LogP contribution in [-0.2, 0) is 16.1 Å². The Hall–Kier alpha value is -5.05. The van der Waals surface area contributed by atoms with Gasteiger partial charge in [-0.25, -0.2) is 9.97 Å². The number of piperazine rings is 2. The van der Waals surface area contributed by atoms with Crippen molar-refractivity contribution in [1.29, 1.82) is 0 Å². The molecule has 0 N–H and O–H groups in total. The largest absolute Gasteiger partial charge is 0.491 e. The summed E-state index contributed by atoms with van der Waals surface area (Å²) in [5.41, 5.74) is 5.70. The topological polar surface area (TPSA) is 135 Å². The van der Waals surface area contributed by atoms with Crippen molar-refractivity contribution in [2.24, 2.45) is 10.9 Å². The average molecular weight is 816 g/mol. The molecular weight excluding hydrogens is 759 g/mol. The second-order valence-electron chi connectivity index (χ2n) is 17.8. The monoisotopic (exact) mass is 815 g/mol. The van der Waals surface area contributed by atoms with Crippen LogP contribution in [0.1, 0.15) is 90.4 Å². The fraction of sp³-hybridized carbons (Fsp3) is 0.543. The minimum absolute atomic E-state index is 0.110. The Morgan fingerprint density at radius 3 is 2.32 bits per heavy atom. The molecule has 14 nitrogen and oxygen atoms in total. The zero-order chi connectivity index (χ0) is 41.5. The molecule has 3 aromatic rings. The summed E-state index contributed by atoms with van der Waals surface area (Å²) in [7, 11) is 0. The van der Waals surface area contributed by atoms with Crippen molar-refractivity contribution in [3.05, 3.63) is 76.7 Å². The zero-order valence-corrected chi connectivity index (χ0v) is 35.2. The van der Waals surface area contributed by atoms with Gasteiger partial charge in [0.05, 0.1) is 47.6 Å². The molecule has 6 heterocycles. The Balaban J connectivity index is 0.702. The highest BCUT2D eigenvalue weighted by molar-refractivity contribution is 6.24. The van der Waals surface area contributed by atoms with E-state index in [1.807, 2.05) is 32.0 Å². The number of carbonyl (C=O) groups is 4. The van der Waals surface area contributed by atoms with E-state index >= 15 is 0 Å². The summed E-state index contributed by atoms with van der Waals surface area (Å²) < 4.78 is 5.97. The third-order valence-corrected chi connectivity index (χ3v) is 13.4. The van der Waals surface area contributed by atoms with Crippen molar-refractivity contribution >= 4 is 40.6 Å². The summed E-state index contributed by atoms with van der Waals surface area (Å²) >= 11 is 0. The molecule has 1 aliphatic carbocycles. The second kappa shape index (κ2) is 17.1. The van der Waals surface area contributed by atoms with Gasteiger partial charge in [0.15, 0.2) is 5.78 Å². The van der Waals surface area contributed by atoms with Crippen LogP contribution in [0.5, 0.6) is 5.75 Å². The molecule has 4 fully saturated rings. The van der Waals surface area contributed by atoms with Gasteiger partial charge in [-0.2, -0.15) is 0 Å². The number of fused-ring (bicyclic) bond motifs is 2. The Kier molecular flexibility index (Phi) is 11.5. The predicted molar refractivity (Wildman–Crippen MR) is 229 cm³/mol. The molecule has 1 unspecified atom stereocenters. The third kappa shape index (κ3) is 8.33. The summed E-state index contributed by atoms with van der Waals surface area (Å²) in [5.74, 6) is 1.19. The minimum Gasteiger partial charge on any atom is -0.491 e. The Labute approximate surface area is 352 Å². The number of aliphatic imine (C=N–C) groups is 1. The number of rotatable bonds is 11. The molecule has 5 aliphatic heterocycles. The van der Waals surface area contributed by atoms with Crippen LogP contribution in [0.2, 0.25) is 0 Å². The van der Waals surface area contributed by atoms with Gasteiger partial charge in [0.1, 0.15) is 23.7 Å². The van der Waals surface area contributed by atoms with Crippen molar-refractivity contribution in [3.63, 3.8) is 0 Å². The van der Waals surface area contributed by atoms with Gasteiger partial charge in [0.2, 0.25) is 0 Å². The number of ketones is 2. The van der Waals surface area contributed by atoms with Crippen molar-refractivity contribution < 1.29 is 23.9 Å². The van der Waals surface area contributed by atoms with E-state index in [-0.39, 0.29) is 36.9 Å². The van der Waals surface area contributed by atoms with Crippen molar-refractivity contribution in [3.8, 4) is 5.75 Å². The van der Waals surface area contributed by atoms with Gasteiger partial charge >= 0.3 is 0 Å². The molecule has 60 heavy (non-hydrogen) atoms. The molecule has 0 radical (unpaired) electrons. The molecule has 2 aromatic carbocycles. The molecule has 2 amide bonds. The molecule has 1 saturated carbocycles. The first-order valence-corrected chi connectivity index (χ1v) is 22.0. The van der Waals surface area contributed by atoms with E-state index in [1.165, 1.54) is 18.4 Å². The molecule has 0 spiro atoms. The van der Waals surface area contributed by atoms with Crippen LogP contribution >= 0.6 is 0 Å². The van der Waals surface area contributed by atoms with Gasteiger partial charge in [-0.3, -0.25) is 38.9 Å². The van der Waals surface area contributed by atoms with E-state index in [0.717, 1.165) is 118 Å². The summed E-state index contributed by atoms with van der Waals surface area (Å²) in [4.78, 5) is 78.7. The molecule has 316 valence electrons. The number of ether oxygens (including phenoxy) is 1. The molecule has 9 rings (SSSR count). The summed E-state index contributed by atoms with van der Waals surface area (Å²) in [6.45, 7) is 19.1. The Morgan fingerprint density at radius 1 is 0.767 bits per heavy atom. The number of carbonyl (C=O) groups excluding carboxylic acids is 4. The quantitative estimate of drug-likeness (QED) is 0.205. The summed E-state index contributed by atoms with van der Waals surface area (Å²) in [6.07, 6.45) is 4.45. The van der Waals surface area contributed by atoms with Gasteiger partial charge in [-0.1, -0.05) is 6.07 Å². The molecule has 6 aliphatic rings. The summed E-state index contributed by atoms with van der Waals surface area (Å²) in [6, 6.07) is 13.4. The number of Topliss-reactive ketones (excluding diaryl/α,β-unsaturated/α-hetero) is 2. The third-order valence-electron chi connectivity index (χ3n) is 13.4. The number of aromatic nitrogens is 2. The van der Waals surface area contributed by atoms with Crippen molar-refractivity contribution in [2.75, 3.05) is 88.3 Å². The highest BCUT2D eigenvalue weighted by atomic mass is 16.5. The first kappa shape index (κ1) is 40.4. The lowest BCUT2D eigenvalue weighted by atomic mass is 9.92. The maximum absolute atomic E-state index is 13.4. The Bertz CT molecular complexity index is 2180. The van der Waals surface area contributed by atoms with Crippen LogP contribution in [0, 0.1) is 5.92 Å². The number of piperidine rings is 1. The van der Waals surface area contributed by atoms with Crippen molar-refractivity contribution in [2.45, 2.75) is 77.6 Å². The molecular formula is C46H57N9O5. The lowest BCUT2D eigenvalue weighted by molar-refractivity contribution is -0.132. The predicted octanol–water partition coefficient (Wildman–Crippen LogP) is 3.95. The van der Waals surface area contributed by atoms with Gasteiger partial charge in [-0.05, 0) is 94.9 Å². The lowest BCUT2D eigenvalue weighted by Gasteiger charge is -2.42. The summed E-state index contributed by atoms with van der Waals surface area (Å²) in [5, 5.41) is 0. The van der Waals surface area contributed by atoms with E-state index in [2.05, 4.69) is 54.6 Å². The highest BCUT2D eigenvalue weighted by Crippen LogP contribution is 2.33. The van der Waals surface area contributed by atoms with E-state index in [0.29, 0.717) is 29.6 Å². The lowest BCUT2D eigenvalue weighted by Crippen LogP contribution is -2.54. The second-order valence-corrected chi connectivity index (χ2v) is 17.8. The number of nitrogens with zero attached hydrogens (tertiary/aromatic N) is 9. The molecule has 3 saturated heterocycles. The van der Waals surface area contributed by atoms with Crippen LogP contribution in [0.25, 0.3) is 0 Å². The van der Waals surface area contributed by atoms with Gasteiger partial charge in [-0.15, -0.1) is 0 Å². The average Bonchev–Trinajstić information content (AvgIpc) is 3.78. The number of hydrogen-bond donors (Lipinski definition) is 0. The molecule has 1 aromatic heterocycles. The van der Waals surface area contributed by atoms with Gasteiger partial charge in [0.25, 0.3) is 11.8 Å². The number of imide groups is 1. The number of amides is 2. The minimum atomic E-state index is -0.844. The fourth-order valence-corrected chi connectivity index (χ4v) is 9.99. The van der Waals surface area contributed by atoms with E-state index in [4.69, 9.17) is 14.7 Å². The number of anilines is 2.